The van der Waals surface area contributed by atoms with Crippen LogP contribution in [0.1, 0.15) is 33.4 Å². The molecule has 0 radical (unpaired) electrons. The molecule has 18 heavy (non-hydrogen) atoms. The van der Waals surface area contributed by atoms with Gasteiger partial charge in [0.25, 0.3) is 0 Å². The summed E-state index contributed by atoms with van der Waals surface area (Å²) in [6.45, 7) is 8.95. The summed E-state index contributed by atoms with van der Waals surface area (Å²) in [7, 11) is 0. The second kappa shape index (κ2) is 4.71. The average molecular weight is 363 g/mol. The van der Waals surface area contributed by atoms with Gasteiger partial charge < -0.3 is 4.74 Å². The zero-order chi connectivity index (χ0) is 13.5. The quantitative estimate of drug-likeness (QED) is 0.666. The Balaban J connectivity index is 2.16. The fourth-order valence-corrected chi connectivity index (χ4v) is 2.51. The highest BCUT2D eigenvalue weighted by Crippen LogP contribution is 2.23. The van der Waals surface area contributed by atoms with E-state index in [9.17, 15) is 4.79 Å². The minimum Gasteiger partial charge on any atom is -0.444 e. The summed E-state index contributed by atoms with van der Waals surface area (Å²) in [5.74, 6) is 0. The topological polar surface area (TPSA) is 47.4 Å². The van der Waals surface area contributed by atoms with Crippen molar-refractivity contribution in [3.8, 4) is 0 Å². The molecule has 1 aliphatic heterocycles. The Kier molecular flexibility index (Phi) is 3.57. The first kappa shape index (κ1) is 13.6. The Morgan fingerprint density at radius 2 is 2.22 bits per heavy atom. The van der Waals surface area contributed by atoms with Crippen molar-refractivity contribution in [2.75, 3.05) is 0 Å². The van der Waals surface area contributed by atoms with Crippen molar-refractivity contribution in [1.29, 1.82) is 0 Å². The number of carbonyl (C=O) groups excluding carboxylic acids is 1. The first-order chi connectivity index (χ1) is 8.28. The van der Waals surface area contributed by atoms with Crippen molar-refractivity contribution in [2.24, 2.45) is 0 Å². The molecule has 0 N–H and O–H groups in total. The Labute approximate surface area is 121 Å². The molecular formula is C12H18IN3O2. The van der Waals surface area contributed by atoms with E-state index in [1.807, 2.05) is 38.6 Å². The predicted molar refractivity (Wildman–Crippen MR) is 76.2 cm³/mol. The van der Waals surface area contributed by atoms with Crippen LogP contribution in [0.4, 0.5) is 4.79 Å². The number of ether oxygens (including phenoxy) is 1. The molecule has 0 saturated heterocycles. The van der Waals surface area contributed by atoms with E-state index in [0.29, 0.717) is 6.54 Å². The third-order valence-electron chi connectivity index (χ3n) is 2.82. The molecule has 2 rings (SSSR count). The highest BCUT2D eigenvalue weighted by molar-refractivity contribution is 14.1. The third-order valence-corrected chi connectivity index (χ3v) is 3.72. The molecule has 0 aliphatic carbocycles. The van der Waals surface area contributed by atoms with Gasteiger partial charge in [0.05, 0.1) is 34.6 Å². The molecule has 2 heterocycles. The van der Waals surface area contributed by atoms with Gasteiger partial charge in [-0.3, -0.25) is 9.58 Å². The van der Waals surface area contributed by atoms with Gasteiger partial charge in [0, 0.05) is 0 Å². The van der Waals surface area contributed by atoms with Gasteiger partial charge in [0.1, 0.15) is 5.60 Å². The van der Waals surface area contributed by atoms with Gasteiger partial charge in [-0.05, 0) is 50.3 Å². The smallest absolute Gasteiger partial charge is 0.410 e. The molecule has 6 heteroatoms. The number of hydrogen-bond donors (Lipinski definition) is 0. The summed E-state index contributed by atoms with van der Waals surface area (Å²) in [5, 5.41) is 4.31. The fraction of sp³-hybridized carbons (Fsp3) is 0.667. The van der Waals surface area contributed by atoms with Gasteiger partial charge in [-0.2, -0.15) is 5.10 Å². The van der Waals surface area contributed by atoms with Gasteiger partial charge in [-0.1, -0.05) is 0 Å². The minimum absolute atomic E-state index is 0.100. The summed E-state index contributed by atoms with van der Waals surface area (Å²) in [5.41, 5.74) is 0.626. The number of hydrogen-bond acceptors (Lipinski definition) is 3. The van der Waals surface area contributed by atoms with Gasteiger partial charge in [-0.15, -0.1) is 0 Å². The Hall–Kier alpha value is -0.790. The predicted octanol–water partition coefficient (Wildman–Crippen LogP) is 2.63. The second-order valence-electron chi connectivity index (χ2n) is 5.58. The van der Waals surface area contributed by atoms with E-state index in [2.05, 4.69) is 27.7 Å². The lowest BCUT2D eigenvalue weighted by atomic mass is 10.2. The van der Waals surface area contributed by atoms with Gasteiger partial charge in [0.15, 0.2) is 0 Å². The normalized spacial score (nSPS) is 19.6. The molecule has 1 aromatic rings. The average Bonchev–Trinajstić information content (AvgIpc) is 2.56. The molecule has 1 amide bonds. The van der Waals surface area contributed by atoms with Crippen LogP contribution in [0.2, 0.25) is 0 Å². The summed E-state index contributed by atoms with van der Waals surface area (Å²) < 4.78 is 8.49. The van der Waals surface area contributed by atoms with Crippen molar-refractivity contribution >= 4 is 28.7 Å². The highest BCUT2D eigenvalue weighted by Gasteiger charge is 2.31. The SMILES string of the molecule is C[C@@H]1Cn2ncc(I)c2CN1C(=O)OC(C)(C)C. The summed E-state index contributed by atoms with van der Waals surface area (Å²) in [4.78, 5) is 13.9. The van der Waals surface area contributed by atoms with Crippen molar-refractivity contribution in [1.82, 2.24) is 14.7 Å². The minimum atomic E-state index is -0.457. The van der Waals surface area contributed by atoms with Crippen molar-refractivity contribution in [3.05, 3.63) is 15.5 Å². The second-order valence-corrected chi connectivity index (χ2v) is 6.74. The van der Waals surface area contributed by atoms with Crippen LogP contribution in [0.5, 0.6) is 0 Å². The van der Waals surface area contributed by atoms with Crippen LogP contribution in [-0.4, -0.2) is 32.4 Å². The molecule has 5 nitrogen and oxygen atoms in total. The van der Waals surface area contributed by atoms with Gasteiger partial charge in [0.2, 0.25) is 0 Å². The molecule has 0 unspecified atom stereocenters. The standard InChI is InChI=1S/C12H18IN3O2/c1-8-6-16-10(9(13)5-14-16)7-15(8)11(17)18-12(2,3)4/h5,8H,6-7H2,1-4H3/t8-/m1/s1. The molecule has 100 valence electrons. The highest BCUT2D eigenvalue weighted by atomic mass is 127. The van der Waals surface area contributed by atoms with Crippen LogP contribution in [0, 0.1) is 3.57 Å². The molecular weight excluding hydrogens is 345 g/mol. The Morgan fingerprint density at radius 1 is 1.56 bits per heavy atom. The van der Waals surface area contributed by atoms with Crippen LogP contribution in [-0.2, 0) is 17.8 Å². The summed E-state index contributed by atoms with van der Waals surface area (Å²) >= 11 is 2.25. The van der Waals surface area contributed by atoms with Crippen molar-refractivity contribution < 1.29 is 9.53 Å². The van der Waals surface area contributed by atoms with E-state index in [1.54, 1.807) is 4.90 Å². The Morgan fingerprint density at radius 3 is 2.83 bits per heavy atom. The number of aromatic nitrogens is 2. The molecule has 0 fully saturated rings. The molecule has 0 saturated carbocycles. The van der Waals surface area contributed by atoms with Crippen molar-refractivity contribution in [3.63, 3.8) is 0 Å². The fourth-order valence-electron chi connectivity index (χ4n) is 1.93. The number of fused-ring (bicyclic) bond motifs is 1. The maximum atomic E-state index is 12.1. The first-order valence-electron chi connectivity index (χ1n) is 5.98. The third kappa shape index (κ3) is 2.78. The molecule has 1 aliphatic rings. The van der Waals surface area contributed by atoms with E-state index in [0.717, 1.165) is 15.8 Å². The van der Waals surface area contributed by atoms with Crippen LogP contribution >= 0.6 is 22.6 Å². The number of carbonyl (C=O) groups is 1. The lowest BCUT2D eigenvalue weighted by Crippen LogP contribution is -2.47. The number of nitrogens with zero attached hydrogens (tertiary/aromatic N) is 3. The number of amides is 1. The molecule has 0 spiro atoms. The maximum absolute atomic E-state index is 12.1. The van der Waals surface area contributed by atoms with E-state index in [4.69, 9.17) is 4.74 Å². The van der Waals surface area contributed by atoms with E-state index >= 15 is 0 Å². The van der Waals surface area contributed by atoms with Gasteiger partial charge >= 0.3 is 6.09 Å². The lowest BCUT2D eigenvalue weighted by Gasteiger charge is -2.35. The molecule has 0 aromatic carbocycles. The molecule has 1 aromatic heterocycles. The van der Waals surface area contributed by atoms with Crippen molar-refractivity contribution in [2.45, 2.75) is 52.4 Å². The van der Waals surface area contributed by atoms with Crippen LogP contribution in [0.25, 0.3) is 0 Å². The first-order valence-corrected chi connectivity index (χ1v) is 7.05. The van der Waals surface area contributed by atoms with Crippen LogP contribution < -0.4 is 0 Å². The number of rotatable bonds is 0. The largest absolute Gasteiger partial charge is 0.444 e. The zero-order valence-corrected chi connectivity index (χ0v) is 13.3. The summed E-state index contributed by atoms with van der Waals surface area (Å²) in [6, 6.07) is 0.100. The lowest BCUT2D eigenvalue weighted by molar-refractivity contribution is 0.00898. The van der Waals surface area contributed by atoms with Crippen LogP contribution in [0.15, 0.2) is 6.20 Å². The number of halogens is 1. The monoisotopic (exact) mass is 363 g/mol. The maximum Gasteiger partial charge on any atom is 0.410 e. The summed E-state index contributed by atoms with van der Waals surface area (Å²) in [6.07, 6.45) is 1.58. The molecule has 1 atom stereocenters. The van der Waals surface area contributed by atoms with E-state index in [1.165, 1.54) is 0 Å². The van der Waals surface area contributed by atoms with E-state index in [-0.39, 0.29) is 12.1 Å². The zero-order valence-electron chi connectivity index (χ0n) is 11.1. The van der Waals surface area contributed by atoms with Crippen LogP contribution in [0.3, 0.4) is 0 Å². The Bertz CT molecular complexity index is 464. The molecule has 0 bridgehead atoms. The van der Waals surface area contributed by atoms with E-state index < -0.39 is 5.60 Å². The van der Waals surface area contributed by atoms with Gasteiger partial charge in [-0.25, -0.2) is 4.79 Å².